The molecule has 3 rings (SSSR count). The molecule has 1 aliphatic heterocycles. The first-order valence-electron chi connectivity index (χ1n) is 7.41. The molecule has 22 heavy (non-hydrogen) atoms. The predicted molar refractivity (Wildman–Crippen MR) is 90.8 cm³/mol. The molecule has 0 unspecified atom stereocenters. The number of nitrogens with zero attached hydrogens (tertiary/aromatic N) is 3. The first-order valence-corrected chi connectivity index (χ1v) is 8.29. The second kappa shape index (κ2) is 6.36. The molecule has 0 bridgehead atoms. The fourth-order valence-electron chi connectivity index (χ4n) is 2.49. The Morgan fingerprint density at radius 2 is 1.95 bits per heavy atom. The molecule has 1 saturated heterocycles. The number of anilines is 2. The molecule has 2 aromatic rings. The van der Waals surface area contributed by atoms with Crippen LogP contribution in [-0.4, -0.2) is 42.1 Å². The number of nitrogens with one attached hydrogen (secondary N) is 1. The minimum Gasteiger partial charge on any atom is -0.345 e. The normalized spacial score (nSPS) is 15.0. The van der Waals surface area contributed by atoms with E-state index in [4.69, 9.17) is 0 Å². The van der Waals surface area contributed by atoms with Gasteiger partial charge in [-0.05, 0) is 37.1 Å². The number of amides is 2. The smallest absolute Gasteiger partial charge is 0.321 e. The number of hydrogen-bond acceptors (Lipinski definition) is 4. The third-order valence-electron chi connectivity index (χ3n) is 4.01. The Hall–Kier alpha value is -2.08. The molecular weight excluding hydrogens is 296 g/mol. The number of thiazole rings is 1. The lowest BCUT2D eigenvalue weighted by Crippen LogP contribution is -2.50. The van der Waals surface area contributed by atoms with E-state index in [1.54, 1.807) is 11.3 Å². The van der Waals surface area contributed by atoms with Crippen LogP contribution in [0.15, 0.2) is 29.8 Å². The van der Waals surface area contributed by atoms with Crippen molar-refractivity contribution in [3.63, 3.8) is 0 Å². The molecule has 2 heterocycles. The van der Waals surface area contributed by atoms with Crippen LogP contribution < -0.4 is 10.2 Å². The van der Waals surface area contributed by atoms with Gasteiger partial charge in [-0.3, -0.25) is 0 Å². The van der Waals surface area contributed by atoms with Gasteiger partial charge in [0.25, 0.3) is 0 Å². The van der Waals surface area contributed by atoms with Crippen LogP contribution in [0.2, 0.25) is 0 Å². The van der Waals surface area contributed by atoms with Crippen molar-refractivity contribution in [2.45, 2.75) is 13.8 Å². The second-order valence-corrected chi connectivity index (χ2v) is 6.39. The van der Waals surface area contributed by atoms with E-state index in [0.29, 0.717) is 0 Å². The monoisotopic (exact) mass is 316 g/mol. The molecular formula is C16H20N4OS. The van der Waals surface area contributed by atoms with Crippen LogP contribution >= 0.6 is 11.3 Å². The van der Waals surface area contributed by atoms with Crippen LogP contribution in [0.1, 0.15) is 11.1 Å². The summed E-state index contributed by atoms with van der Waals surface area (Å²) < 4.78 is 0. The number of rotatable bonds is 2. The Labute approximate surface area is 134 Å². The standard InChI is InChI=1S/C16H20N4OS/c1-12-3-4-14(11-13(12)2)18-15(21)19-6-8-20(9-7-19)16-17-5-10-22-16/h3-5,10-11H,6-9H2,1-2H3,(H,18,21). The quantitative estimate of drug-likeness (QED) is 0.926. The van der Waals surface area contributed by atoms with Crippen molar-refractivity contribution in [2.24, 2.45) is 0 Å². The molecule has 1 aromatic carbocycles. The molecule has 5 nitrogen and oxygen atoms in total. The Morgan fingerprint density at radius 3 is 2.59 bits per heavy atom. The van der Waals surface area contributed by atoms with Gasteiger partial charge in [-0.2, -0.15) is 0 Å². The van der Waals surface area contributed by atoms with Gasteiger partial charge in [0.2, 0.25) is 0 Å². The van der Waals surface area contributed by atoms with Crippen LogP contribution in [-0.2, 0) is 0 Å². The lowest BCUT2D eigenvalue weighted by atomic mass is 10.1. The maximum Gasteiger partial charge on any atom is 0.321 e. The highest BCUT2D eigenvalue weighted by Crippen LogP contribution is 2.19. The number of carbonyl (C=O) groups is 1. The van der Waals surface area contributed by atoms with E-state index >= 15 is 0 Å². The van der Waals surface area contributed by atoms with Gasteiger partial charge >= 0.3 is 6.03 Å². The molecule has 0 atom stereocenters. The zero-order valence-corrected chi connectivity index (χ0v) is 13.7. The molecule has 0 saturated carbocycles. The van der Waals surface area contributed by atoms with Crippen LogP contribution in [0.5, 0.6) is 0 Å². The van der Waals surface area contributed by atoms with Crippen molar-refractivity contribution in [2.75, 3.05) is 36.4 Å². The first-order chi connectivity index (χ1) is 10.6. The molecule has 0 spiro atoms. The summed E-state index contributed by atoms with van der Waals surface area (Å²) in [6.07, 6.45) is 1.82. The summed E-state index contributed by atoms with van der Waals surface area (Å²) in [7, 11) is 0. The second-order valence-electron chi connectivity index (χ2n) is 5.52. The fourth-order valence-corrected chi connectivity index (χ4v) is 3.19. The van der Waals surface area contributed by atoms with Gasteiger partial charge in [0, 0.05) is 43.4 Å². The van der Waals surface area contributed by atoms with Crippen molar-refractivity contribution < 1.29 is 4.79 Å². The summed E-state index contributed by atoms with van der Waals surface area (Å²) in [5.41, 5.74) is 3.27. The van der Waals surface area contributed by atoms with Gasteiger partial charge < -0.3 is 15.1 Å². The van der Waals surface area contributed by atoms with E-state index in [-0.39, 0.29) is 6.03 Å². The minimum absolute atomic E-state index is 0.0259. The highest BCUT2D eigenvalue weighted by atomic mass is 32.1. The molecule has 0 radical (unpaired) electrons. The predicted octanol–water partition coefficient (Wildman–Crippen LogP) is 3.11. The van der Waals surface area contributed by atoms with E-state index in [9.17, 15) is 4.79 Å². The van der Waals surface area contributed by atoms with Gasteiger partial charge in [-0.25, -0.2) is 9.78 Å². The minimum atomic E-state index is -0.0259. The van der Waals surface area contributed by atoms with Gasteiger partial charge in [0.05, 0.1) is 0 Å². The van der Waals surface area contributed by atoms with E-state index < -0.39 is 0 Å². The Kier molecular flexibility index (Phi) is 4.29. The maximum absolute atomic E-state index is 12.3. The highest BCUT2D eigenvalue weighted by Gasteiger charge is 2.22. The third-order valence-corrected chi connectivity index (χ3v) is 4.85. The lowest BCUT2D eigenvalue weighted by Gasteiger charge is -2.34. The molecule has 6 heteroatoms. The number of aromatic nitrogens is 1. The molecule has 1 fully saturated rings. The fraction of sp³-hybridized carbons (Fsp3) is 0.375. The van der Waals surface area contributed by atoms with Crippen LogP contribution in [0.4, 0.5) is 15.6 Å². The van der Waals surface area contributed by atoms with Crippen molar-refractivity contribution in [1.29, 1.82) is 0 Å². The summed E-state index contributed by atoms with van der Waals surface area (Å²) in [4.78, 5) is 20.7. The largest absolute Gasteiger partial charge is 0.345 e. The first kappa shape index (κ1) is 14.8. The third kappa shape index (κ3) is 3.22. The van der Waals surface area contributed by atoms with Crippen LogP contribution in [0.25, 0.3) is 0 Å². The van der Waals surface area contributed by atoms with E-state index in [1.807, 2.05) is 34.7 Å². The number of carbonyl (C=O) groups excluding carboxylic acids is 1. The van der Waals surface area contributed by atoms with Crippen molar-refractivity contribution in [1.82, 2.24) is 9.88 Å². The van der Waals surface area contributed by atoms with E-state index in [0.717, 1.165) is 37.0 Å². The summed E-state index contributed by atoms with van der Waals surface area (Å²) >= 11 is 1.64. The van der Waals surface area contributed by atoms with Crippen molar-refractivity contribution in [3.8, 4) is 0 Å². The van der Waals surface area contributed by atoms with Gasteiger partial charge in [0.15, 0.2) is 5.13 Å². The Balaban J connectivity index is 1.56. The lowest BCUT2D eigenvalue weighted by molar-refractivity contribution is 0.208. The van der Waals surface area contributed by atoms with Gasteiger partial charge in [0.1, 0.15) is 0 Å². The SMILES string of the molecule is Cc1ccc(NC(=O)N2CCN(c3nccs3)CC2)cc1C. The zero-order valence-electron chi connectivity index (χ0n) is 12.9. The van der Waals surface area contributed by atoms with E-state index in [2.05, 4.69) is 29.0 Å². The summed E-state index contributed by atoms with van der Waals surface area (Å²) in [5.74, 6) is 0. The topological polar surface area (TPSA) is 48.5 Å². The number of benzene rings is 1. The Morgan fingerprint density at radius 1 is 1.18 bits per heavy atom. The van der Waals surface area contributed by atoms with Gasteiger partial charge in [-0.15, -0.1) is 11.3 Å². The molecule has 1 aromatic heterocycles. The summed E-state index contributed by atoms with van der Waals surface area (Å²) in [6.45, 7) is 7.21. The highest BCUT2D eigenvalue weighted by molar-refractivity contribution is 7.13. The molecule has 2 amide bonds. The van der Waals surface area contributed by atoms with Crippen molar-refractivity contribution >= 4 is 28.2 Å². The average molecular weight is 316 g/mol. The molecule has 1 N–H and O–H groups in total. The number of urea groups is 1. The van der Waals surface area contributed by atoms with Crippen molar-refractivity contribution in [3.05, 3.63) is 40.9 Å². The number of piperazine rings is 1. The molecule has 1 aliphatic rings. The van der Waals surface area contributed by atoms with Crippen LogP contribution in [0.3, 0.4) is 0 Å². The Bertz CT molecular complexity index is 648. The van der Waals surface area contributed by atoms with E-state index in [1.165, 1.54) is 11.1 Å². The maximum atomic E-state index is 12.3. The summed E-state index contributed by atoms with van der Waals surface area (Å²) in [6, 6.07) is 5.97. The van der Waals surface area contributed by atoms with Gasteiger partial charge in [-0.1, -0.05) is 6.07 Å². The molecule has 0 aliphatic carbocycles. The number of hydrogen-bond donors (Lipinski definition) is 1. The zero-order chi connectivity index (χ0) is 15.5. The summed E-state index contributed by atoms with van der Waals surface area (Å²) in [5, 5.41) is 6.00. The van der Waals surface area contributed by atoms with Crippen LogP contribution in [0, 0.1) is 13.8 Å². The molecule has 116 valence electrons. The number of aryl methyl sites for hydroxylation is 2. The average Bonchev–Trinajstić information content (AvgIpc) is 3.05.